The molecule has 0 aliphatic carbocycles. The second-order valence-electron chi connectivity index (χ2n) is 7.64. The smallest absolute Gasteiger partial charge is 0.239 e. The second kappa shape index (κ2) is 8.46. The van der Waals surface area contributed by atoms with Gasteiger partial charge in [-0.2, -0.15) is 0 Å². The molecular weight excluding hydrogens is 464 g/mol. The Hall–Kier alpha value is -3.49. The fourth-order valence-corrected chi connectivity index (χ4v) is 5.29. The Balaban J connectivity index is 1.40. The van der Waals surface area contributed by atoms with E-state index in [4.69, 9.17) is 21.1 Å². The van der Waals surface area contributed by atoms with Crippen LogP contribution in [-0.2, 0) is 21.2 Å². The van der Waals surface area contributed by atoms with Crippen LogP contribution in [0.25, 0.3) is 10.9 Å². The number of halogens is 1. The van der Waals surface area contributed by atoms with Crippen LogP contribution in [0.15, 0.2) is 77.8 Å². The van der Waals surface area contributed by atoms with Crippen molar-refractivity contribution in [3.8, 4) is 11.5 Å². The lowest BCUT2D eigenvalue weighted by atomic mass is 10.2. The number of sulfone groups is 1. The molecule has 0 bridgehead atoms. The summed E-state index contributed by atoms with van der Waals surface area (Å²) in [4.78, 5) is 12.7. The number of benzene rings is 3. The Bertz CT molecular complexity index is 1460. The number of carbonyl (C=O) groups excluding carboxylic acids is 1. The van der Waals surface area contributed by atoms with Gasteiger partial charge >= 0.3 is 0 Å². The first-order chi connectivity index (χ1) is 15.9. The molecule has 4 aromatic rings. The number of aromatic nitrogens is 1. The highest BCUT2D eigenvalue weighted by Gasteiger charge is 2.25. The van der Waals surface area contributed by atoms with Crippen molar-refractivity contribution in [3.05, 3.63) is 83.5 Å². The molecule has 1 aliphatic rings. The molecule has 0 unspecified atom stereocenters. The molecule has 1 amide bonds. The van der Waals surface area contributed by atoms with Crippen molar-refractivity contribution in [2.75, 3.05) is 17.9 Å². The molecule has 0 atom stereocenters. The van der Waals surface area contributed by atoms with E-state index in [1.54, 1.807) is 48.7 Å². The SMILES string of the molecule is O=C(CS(=O)(=O)c1cn(Cc2ccc(Cl)cc2)c2ccccc12)Nc1ccc2c(c1)OCO2. The van der Waals surface area contributed by atoms with Crippen molar-refractivity contribution in [1.82, 2.24) is 4.57 Å². The first-order valence-corrected chi connectivity index (χ1v) is 12.2. The molecule has 0 fully saturated rings. The minimum absolute atomic E-state index is 0.112. The summed E-state index contributed by atoms with van der Waals surface area (Å²) in [5.41, 5.74) is 2.18. The third kappa shape index (κ3) is 4.40. The van der Waals surface area contributed by atoms with Crippen LogP contribution in [0.4, 0.5) is 5.69 Å². The lowest BCUT2D eigenvalue weighted by Gasteiger charge is -2.07. The van der Waals surface area contributed by atoms with Crippen LogP contribution in [0.2, 0.25) is 5.02 Å². The molecule has 9 heteroatoms. The number of para-hydroxylation sites is 1. The van der Waals surface area contributed by atoms with E-state index in [1.807, 2.05) is 28.8 Å². The van der Waals surface area contributed by atoms with E-state index in [0.717, 1.165) is 11.1 Å². The molecule has 1 aromatic heterocycles. The molecule has 33 heavy (non-hydrogen) atoms. The van der Waals surface area contributed by atoms with Crippen molar-refractivity contribution < 1.29 is 22.7 Å². The summed E-state index contributed by atoms with van der Waals surface area (Å²) in [7, 11) is -3.91. The summed E-state index contributed by atoms with van der Waals surface area (Å²) >= 11 is 5.97. The quantitative estimate of drug-likeness (QED) is 0.437. The van der Waals surface area contributed by atoms with Crippen LogP contribution in [0.1, 0.15) is 5.56 Å². The molecule has 5 rings (SSSR count). The molecule has 0 saturated heterocycles. The molecule has 0 spiro atoms. The van der Waals surface area contributed by atoms with Gasteiger partial charge in [0, 0.05) is 40.4 Å². The molecular formula is C24H19ClN2O5S. The van der Waals surface area contributed by atoms with Gasteiger partial charge in [0.25, 0.3) is 0 Å². The minimum Gasteiger partial charge on any atom is -0.454 e. The van der Waals surface area contributed by atoms with Gasteiger partial charge in [0.1, 0.15) is 5.75 Å². The zero-order chi connectivity index (χ0) is 23.0. The number of nitrogens with one attached hydrogen (secondary N) is 1. The molecule has 3 aromatic carbocycles. The molecule has 1 N–H and O–H groups in total. The summed E-state index contributed by atoms with van der Waals surface area (Å²) in [6.07, 6.45) is 1.59. The van der Waals surface area contributed by atoms with E-state index in [1.165, 1.54) is 0 Å². The highest BCUT2D eigenvalue weighted by Crippen LogP contribution is 2.34. The summed E-state index contributed by atoms with van der Waals surface area (Å²) in [5, 5.41) is 3.83. The highest BCUT2D eigenvalue weighted by atomic mass is 35.5. The van der Waals surface area contributed by atoms with E-state index in [0.29, 0.717) is 34.1 Å². The van der Waals surface area contributed by atoms with Crippen molar-refractivity contribution in [2.45, 2.75) is 11.4 Å². The highest BCUT2D eigenvalue weighted by molar-refractivity contribution is 7.92. The fraction of sp³-hybridized carbons (Fsp3) is 0.125. The molecule has 0 radical (unpaired) electrons. The largest absolute Gasteiger partial charge is 0.454 e. The van der Waals surface area contributed by atoms with Gasteiger partial charge in [0.15, 0.2) is 21.3 Å². The molecule has 1 aliphatic heterocycles. The maximum Gasteiger partial charge on any atom is 0.239 e. The number of carbonyl (C=O) groups is 1. The number of hydrogen-bond acceptors (Lipinski definition) is 5. The van der Waals surface area contributed by atoms with Gasteiger partial charge in [-0.15, -0.1) is 0 Å². The van der Waals surface area contributed by atoms with Crippen LogP contribution >= 0.6 is 11.6 Å². The molecule has 7 nitrogen and oxygen atoms in total. The zero-order valence-corrected chi connectivity index (χ0v) is 18.9. The molecule has 2 heterocycles. The number of anilines is 1. The fourth-order valence-electron chi connectivity index (χ4n) is 3.80. The van der Waals surface area contributed by atoms with Crippen LogP contribution in [0.3, 0.4) is 0 Å². The van der Waals surface area contributed by atoms with Crippen molar-refractivity contribution in [1.29, 1.82) is 0 Å². The van der Waals surface area contributed by atoms with Crippen LogP contribution in [-0.4, -0.2) is 31.4 Å². The van der Waals surface area contributed by atoms with Gasteiger partial charge in [0.2, 0.25) is 12.7 Å². The maximum absolute atomic E-state index is 13.2. The van der Waals surface area contributed by atoms with Crippen molar-refractivity contribution in [3.63, 3.8) is 0 Å². The Morgan fingerprint density at radius 2 is 1.76 bits per heavy atom. The second-order valence-corrected chi connectivity index (χ2v) is 10.0. The number of rotatable bonds is 6. The lowest BCUT2D eigenvalue weighted by molar-refractivity contribution is -0.113. The number of fused-ring (bicyclic) bond motifs is 2. The zero-order valence-electron chi connectivity index (χ0n) is 17.3. The maximum atomic E-state index is 13.2. The van der Waals surface area contributed by atoms with Crippen molar-refractivity contribution in [2.24, 2.45) is 0 Å². The van der Waals surface area contributed by atoms with E-state index >= 15 is 0 Å². The van der Waals surface area contributed by atoms with Crippen molar-refractivity contribution >= 4 is 43.9 Å². The Morgan fingerprint density at radius 1 is 1.00 bits per heavy atom. The van der Waals surface area contributed by atoms with E-state index in [2.05, 4.69) is 5.32 Å². The van der Waals surface area contributed by atoms with Gasteiger partial charge in [-0.3, -0.25) is 4.79 Å². The average molecular weight is 483 g/mol. The minimum atomic E-state index is -3.91. The number of hydrogen-bond donors (Lipinski definition) is 1. The van der Waals surface area contributed by atoms with Crippen LogP contribution < -0.4 is 14.8 Å². The van der Waals surface area contributed by atoms with Gasteiger partial charge in [-0.25, -0.2) is 8.42 Å². The topological polar surface area (TPSA) is 86.6 Å². The third-order valence-corrected chi connectivity index (χ3v) is 7.22. The monoisotopic (exact) mass is 482 g/mol. The van der Waals surface area contributed by atoms with Gasteiger partial charge in [-0.05, 0) is 35.9 Å². The summed E-state index contributed by atoms with van der Waals surface area (Å²) in [5.74, 6) is -0.241. The molecule has 0 saturated carbocycles. The Labute approximate surface area is 195 Å². The van der Waals surface area contributed by atoms with E-state index < -0.39 is 21.5 Å². The van der Waals surface area contributed by atoms with Gasteiger partial charge < -0.3 is 19.4 Å². The lowest BCUT2D eigenvalue weighted by Crippen LogP contribution is -2.23. The van der Waals surface area contributed by atoms with E-state index in [-0.39, 0.29) is 11.7 Å². The third-order valence-electron chi connectivity index (χ3n) is 5.33. The normalized spacial score (nSPS) is 12.8. The standard InChI is InChI=1S/C24H19ClN2O5S/c25-17-7-5-16(6-8-17)12-27-13-23(19-3-1-2-4-20(19)27)33(29,30)14-24(28)26-18-9-10-21-22(11-18)32-15-31-21/h1-11,13H,12,14-15H2,(H,26,28). The Morgan fingerprint density at radius 3 is 2.58 bits per heavy atom. The predicted molar refractivity (Wildman–Crippen MR) is 126 cm³/mol. The number of nitrogens with zero attached hydrogens (tertiary/aromatic N) is 1. The van der Waals surface area contributed by atoms with Gasteiger partial charge in [0.05, 0.1) is 4.90 Å². The number of ether oxygens (including phenoxy) is 2. The summed E-state index contributed by atoms with van der Waals surface area (Å²) in [6.45, 7) is 0.581. The summed E-state index contributed by atoms with van der Waals surface area (Å²) < 4.78 is 38.8. The first kappa shape index (κ1) is 21.4. The summed E-state index contributed by atoms with van der Waals surface area (Å²) in [6, 6.07) is 19.5. The Kier molecular flexibility index (Phi) is 5.47. The average Bonchev–Trinajstić information content (AvgIpc) is 3.40. The predicted octanol–water partition coefficient (Wildman–Crippen LogP) is 4.48. The van der Waals surface area contributed by atoms with E-state index in [9.17, 15) is 13.2 Å². The number of amides is 1. The van der Waals surface area contributed by atoms with Crippen LogP contribution in [0.5, 0.6) is 11.5 Å². The van der Waals surface area contributed by atoms with Gasteiger partial charge in [-0.1, -0.05) is 41.9 Å². The first-order valence-electron chi connectivity index (χ1n) is 10.1. The van der Waals surface area contributed by atoms with Crippen LogP contribution in [0, 0.1) is 0 Å². The molecule has 168 valence electrons.